The number of rotatable bonds is 6. The van der Waals surface area contributed by atoms with Crippen LogP contribution in [-0.4, -0.2) is 21.5 Å². The second-order valence-electron chi connectivity index (χ2n) is 4.99. The summed E-state index contributed by atoms with van der Waals surface area (Å²) >= 11 is 0. The molecule has 112 valence electrons. The fourth-order valence-corrected chi connectivity index (χ4v) is 2.21. The molecule has 0 bridgehead atoms. The van der Waals surface area contributed by atoms with Crippen molar-refractivity contribution in [1.82, 2.24) is 9.78 Å². The lowest BCUT2D eigenvalue weighted by molar-refractivity contribution is 0.269. The number of aliphatic hydroxyl groups excluding tert-OH is 1. The smallest absolute Gasteiger partial charge is 0.119 e. The van der Waals surface area contributed by atoms with E-state index in [2.05, 4.69) is 5.10 Å². The van der Waals surface area contributed by atoms with Gasteiger partial charge in [0.2, 0.25) is 0 Å². The predicted molar refractivity (Wildman–Crippen MR) is 85.5 cm³/mol. The number of aromatic nitrogens is 2. The first kappa shape index (κ1) is 14.4. The Morgan fingerprint density at radius 2 is 1.73 bits per heavy atom. The Morgan fingerprint density at radius 1 is 0.955 bits per heavy atom. The highest BCUT2D eigenvalue weighted by molar-refractivity contribution is 5.59. The standard InChI is InChI=1S/C18H18N2O2/c21-13-12-20-11-10-18(19-20)16-6-8-17(9-7-16)22-14-15-4-2-1-3-5-15/h1-11,21H,12-14H2. The number of hydrogen-bond donors (Lipinski definition) is 1. The summed E-state index contributed by atoms with van der Waals surface area (Å²) in [5.74, 6) is 0.836. The molecule has 4 nitrogen and oxygen atoms in total. The maximum Gasteiger partial charge on any atom is 0.119 e. The lowest BCUT2D eigenvalue weighted by Gasteiger charge is -2.06. The van der Waals surface area contributed by atoms with E-state index in [4.69, 9.17) is 9.84 Å². The van der Waals surface area contributed by atoms with E-state index in [1.807, 2.05) is 66.9 Å². The van der Waals surface area contributed by atoms with Crippen LogP contribution in [0, 0.1) is 0 Å². The monoisotopic (exact) mass is 294 g/mol. The van der Waals surface area contributed by atoms with Crippen LogP contribution in [-0.2, 0) is 13.2 Å². The van der Waals surface area contributed by atoms with Crippen molar-refractivity contribution in [3.05, 3.63) is 72.4 Å². The first-order valence-electron chi connectivity index (χ1n) is 7.26. The number of benzene rings is 2. The summed E-state index contributed by atoms with van der Waals surface area (Å²) in [7, 11) is 0. The van der Waals surface area contributed by atoms with Gasteiger partial charge in [0.1, 0.15) is 12.4 Å². The Bertz CT molecular complexity index is 705. The maximum atomic E-state index is 8.91. The molecule has 0 radical (unpaired) electrons. The molecule has 0 atom stereocenters. The van der Waals surface area contributed by atoms with E-state index in [0.717, 1.165) is 22.6 Å². The molecule has 0 aliphatic heterocycles. The van der Waals surface area contributed by atoms with Gasteiger partial charge in [-0.1, -0.05) is 30.3 Å². The van der Waals surface area contributed by atoms with Crippen molar-refractivity contribution >= 4 is 0 Å². The van der Waals surface area contributed by atoms with Gasteiger partial charge in [-0.2, -0.15) is 5.10 Å². The van der Waals surface area contributed by atoms with Crippen molar-refractivity contribution in [2.75, 3.05) is 6.61 Å². The van der Waals surface area contributed by atoms with E-state index in [-0.39, 0.29) is 6.61 Å². The molecule has 0 aliphatic carbocycles. The van der Waals surface area contributed by atoms with Crippen molar-refractivity contribution in [2.24, 2.45) is 0 Å². The number of nitrogens with zero attached hydrogens (tertiary/aromatic N) is 2. The summed E-state index contributed by atoms with van der Waals surface area (Å²) in [6.45, 7) is 1.16. The molecule has 1 N–H and O–H groups in total. The highest BCUT2D eigenvalue weighted by Gasteiger charge is 2.03. The molecule has 0 unspecified atom stereocenters. The molecule has 3 rings (SSSR count). The van der Waals surface area contributed by atoms with Crippen LogP contribution in [0.4, 0.5) is 0 Å². The van der Waals surface area contributed by atoms with Gasteiger partial charge < -0.3 is 9.84 Å². The Hall–Kier alpha value is -2.59. The minimum absolute atomic E-state index is 0.0907. The van der Waals surface area contributed by atoms with Gasteiger partial charge in [0.25, 0.3) is 0 Å². The van der Waals surface area contributed by atoms with Gasteiger partial charge in [-0.15, -0.1) is 0 Å². The van der Waals surface area contributed by atoms with Gasteiger partial charge in [-0.05, 0) is 35.9 Å². The molecule has 2 aromatic carbocycles. The van der Waals surface area contributed by atoms with Crippen molar-refractivity contribution in [3.8, 4) is 17.0 Å². The topological polar surface area (TPSA) is 47.3 Å². The van der Waals surface area contributed by atoms with Crippen LogP contribution in [0.3, 0.4) is 0 Å². The SMILES string of the molecule is OCCn1ccc(-c2ccc(OCc3ccccc3)cc2)n1. The molecule has 0 aliphatic rings. The molecule has 1 aromatic heterocycles. The fourth-order valence-electron chi connectivity index (χ4n) is 2.21. The van der Waals surface area contributed by atoms with Crippen LogP contribution in [0.1, 0.15) is 5.56 Å². The molecule has 4 heteroatoms. The maximum absolute atomic E-state index is 8.91. The molecule has 0 amide bonds. The molecule has 0 spiro atoms. The number of hydrogen-bond acceptors (Lipinski definition) is 3. The summed E-state index contributed by atoms with van der Waals surface area (Å²) in [6.07, 6.45) is 1.87. The van der Waals surface area contributed by atoms with Gasteiger partial charge in [-0.3, -0.25) is 4.68 Å². The largest absolute Gasteiger partial charge is 0.489 e. The Balaban J connectivity index is 1.64. The van der Waals surface area contributed by atoms with Crippen LogP contribution in [0.15, 0.2) is 66.9 Å². The van der Waals surface area contributed by atoms with Gasteiger partial charge in [-0.25, -0.2) is 0 Å². The van der Waals surface area contributed by atoms with Crippen molar-refractivity contribution in [3.63, 3.8) is 0 Å². The Kier molecular flexibility index (Phi) is 4.51. The number of ether oxygens (including phenoxy) is 1. The first-order valence-corrected chi connectivity index (χ1v) is 7.26. The third-order valence-corrected chi connectivity index (χ3v) is 3.37. The van der Waals surface area contributed by atoms with E-state index < -0.39 is 0 Å². The van der Waals surface area contributed by atoms with E-state index >= 15 is 0 Å². The van der Waals surface area contributed by atoms with Crippen LogP contribution >= 0.6 is 0 Å². The molecule has 0 saturated carbocycles. The van der Waals surface area contributed by atoms with Gasteiger partial charge >= 0.3 is 0 Å². The molecule has 0 saturated heterocycles. The minimum atomic E-state index is 0.0907. The van der Waals surface area contributed by atoms with Gasteiger partial charge in [0.15, 0.2) is 0 Å². The molecule has 1 heterocycles. The third-order valence-electron chi connectivity index (χ3n) is 3.37. The quantitative estimate of drug-likeness (QED) is 0.760. The lowest BCUT2D eigenvalue weighted by atomic mass is 10.1. The van der Waals surface area contributed by atoms with Crippen LogP contribution in [0.5, 0.6) is 5.75 Å². The second-order valence-corrected chi connectivity index (χ2v) is 4.99. The van der Waals surface area contributed by atoms with E-state index in [1.54, 1.807) is 4.68 Å². The third kappa shape index (κ3) is 3.54. The first-order chi connectivity index (χ1) is 10.8. The second kappa shape index (κ2) is 6.91. The van der Waals surface area contributed by atoms with Crippen molar-refractivity contribution in [2.45, 2.75) is 13.2 Å². The summed E-state index contributed by atoms with van der Waals surface area (Å²) in [5.41, 5.74) is 3.07. The zero-order valence-corrected chi connectivity index (χ0v) is 12.2. The highest BCUT2D eigenvalue weighted by atomic mass is 16.5. The zero-order valence-electron chi connectivity index (χ0n) is 12.2. The molecular weight excluding hydrogens is 276 g/mol. The summed E-state index contributed by atoms with van der Waals surface area (Å²) in [6, 6.07) is 19.9. The van der Waals surface area contributed by atoms with Gasteiger partial charge in [0.05, 0.1) is 18.8 Å². The minimum Gasteiger partial charge on any atom is -0.489 e. The van der Waals surface area contributed by atoms with Gasteiger partial charge in [0, 0.05) is 11.8 Å². The summed E-state index contributed by atoms with van der Waals surface area (Å²) in [4.78, 5) is 0. The highest BCUT2D eigenvalue weighted by Crippen LogP contribution is 2.21. The Morgan fingerprint density at radius 3 is 2.45 bits per heavy atom. The van der Waals surface area contributed by atoms with Crippen molar-refractivity contribution < 1.29 is 9.84 Å². The molecule has 0 fully saturated rings. The summed E-state index contributed by atoms with van der Waals surface area (Å²) in [5, 5.41) is 13.3. The zero-order chi connectivity index (χ0) is 15.2. The average molecular weight is 294 g/mol. The molecule has 22 heavy (non-hydrogen) atoms. The van der Waals surface area contributed by atoms with Crippen LogP contribution < -0.4 is 4.74 Å². The van der Waals surface area contributed by atoms with E-state index in [9.17, 15) is 0 Å². The van der Waals surface area contributed by atoms with E-state index in [0.29, 0.717) is 13.2 Å². The number of aliphatic hydroxyl groups is 1. The van der Waals surface area contributed by atoms with E-state index in [1.165, 1.54) is 0 Å². The Labute approximate surface area is 129 Å². The fraction of sp³-hybridized carbons (Fsp3) is 0.167. The van der Waals surface area contributed by atoms with Crippen LogP contribution in [0.25, 0.3) is 11.3 Å². The van der Waals surface area contributed by atoms with Crippen LogP contribution in [0.2, 0.25) is 0 Å². The predicted octanol–water partition coefficient (Wildman–Crippen LogP) is 3.12. The molecule has 3 aromatic rings. The summed E-state index contributed by atoms with van der Waals surface area (Å²) < 4.78 is 7.50. The normalized spacial score (nSPS) is 10.6. The average Bonchev–Trinajstić information content (AvgIpc) is 3.03. The van der Waals surface area contributed by atoms with Crippen molar-refractivity contribution in [1.29, 1.82) is 0 Å². The lowest BCUT2D eigenvalue weighted by Crippen LogP contribution is -2.02. The molecular formula is C18H18N2O2.